The summed E-state index contributed by atoms with van der Waals surface area (Å²) in [5.41, 5.74) is 0.262. The van der Waals surface area contributed by atoms with E-state index in [0.717, 1.165) is 44.8 Å². The zero-order chi connectivity index (χ0) is 18.7. The minimum absolute atomic E-state index is 0.151. The number of hydrogen-bond acceptors (Lipinski definition) is 5. The summed E-state index contributed by atoms with van der Waals surface area (Å²) in [5, 5.41) is 3.41. The van der Waals surface area contributed by atoms with Crippen molar-refractivity contribution in [2.75, 3.05) is 25.0 Å². The molecule has 144 valence electrons. The van der Waals surface area contributed by atoms with Crippen LogP contribution in [0.25, 0.3) is 0 Å². The van der Waals surface area contributed by atoms with Gasteiger partial charge in [-0.3, -0.25) is 4.90 Å². The number of anilines is 1. The number of benzene rings is 1. The molecule has 4 rings (SSSR count). The zero-order valence-corrected chi connectivity index (χ0v) is 15.2. The van der Waals surface area contributed by atoms with E-state index in [9.17, 15) is 8.78 Å². The van der Waals surface area contributed by atoms with Gasteiger partial charge in [0, 0.05) is 50.2 Å². The van der Waals surface area contributed by atoms with E-state index in [2.05, 4.69) is 20.2 Å². The van der Waals surface area contributed by atoms with Gasteiger partial charge in [0.25, 0.3) is 0 Å². The lowest BCUT2D eigenvalue weighted by Gasteiger charge is -2.46. The lowest BCUT2D eigenvalue weighted by molar-refractivity contribution is -0.115. The first-order chi connectivity index (χ1) is 13.1. The smallest absolute Gasteiger partial charge is 0.222 e. The highest BCUT2D eigenvalue weighted by Crippen LogP contribution is 2.36. The molecule has 2 aliphatic heterocycles. The number of nitrogens with one attached hydrogen (secondary N) is 1. The fraction of sp³-hybridized carbons (Fsp3) is 0.500. The Morgan fingerprint density at radius 3 is 2.74 bits per heavy atom. The summed E-state index contributed by atoms with van der Waals surface area (Å²) in [6.45, 7) is 2.76. The number of halogens is 2. The van der Waals surface area contributed by atoms with Crippen molar-refractivity contribution >= 4 is 5.95 Å². The molecule has 2 fully saturated rings. The van der Waals surface area contributed by atoms with Crippen LogP contribution in [0.2, 0.25) is 0 Å². The summed E-state index contributed by atoms with van der Waals surface area (Å²) in [6, 6.07) is 5.73. The molecule has 0 unspecified atom stereocenters. The molecule has 1 spiro atoms. The Morgan fingerprint density at radius 1 is 1.19 bits per heavy atom. The molecule has 2 saturated heterocycles. The van der Waals surface area contributed by atoms with E-state index in [1.54, 1.807) is 18.5 Å². The van der Waals surface area contributed by atoms with Crippen molar-refractivity contribution in [2.24, 2.45) is 0 Å². The van der Waals surface area contributed by atoms with Gasteiger partial charge >= 0.3 is 0 Å². The van der Waals surface area contributed by atoms with Gasteiger partial charge in [0.15, 0.2) is 0 Å². The molecule has 1 aromatic heterocycles. The Kier molecular flexibility index (Phi) is 5.31. The molecule has 1 aromatic carbocycles. The molecule has 0 saturated carbocycles. The van der Waals surface area contributed by atoms with E-state index in [1.165, 1.54) is 12.1 Å². The molecule has 27 heavy (non-hydrogen) atoms. The van der Waals surface area contributed by atoms with Gasteiger partial charge < -0.3 is 10.1 Å². The molecule has 7 heteroatoms. The van der Waals surface area contributed by atoms with Crippen molar-refractivity contribution in [1.82, 2.24) is 14.9 Å². The van der Waals surface area contributed by atoms with Gasteiger partial charge in [0.2, 0.25) is 5.95 Å². The van der Waals surface area contributed by atoms with Crippen molar-refractivity contribution < 1.29 is 13.5 Å². The van der Waals surface area contributed by atoms with Crippen LogP contribution < -0.4 is 5.32 Å². The summed E-state index contributed by atoms with van der Waals surface area (Å²) in [6.07, 6.45) is 7.07. The summed E-state index contributed by atoms with van der Waals surface area (Å²) in [5.74, 6) is -0.0937. The molecule has 0 aliphatic carbocycles. The fourth-order valence-electron chi connectivity index (χ4n) is 4.08. The molecule has 1 N–H and O–H groups in total. The maximum absolute atomic E-state index is 13.9. The number of likely N-dealkylation sites (tertiary alicyclic amines) is 1. The third-order valence-electron chi connectivity index (χ3n) is 5.56. The molecule has 0 amide bonds. The lowest BCUT2D eigenvalue weighted by Crippen LogP contribution is -2.51. The van der Waals surface area contributed by atoms with Crippen LogP contribution in [-0.2, 0) is 11.3 Å². The van der Waals surface area contributed by atoms with Crippen molar-refractivity contribution in [3.8, 4) is 0 Å². The van der Waals surface area contributed by atoms with Gasteiger partial charge in [0.05, 0.1) is 5.60 Å². The minimum Gasteiger partial charge on any atom is -0.375 e. The highest BCUT2D eigenvalue weighted by atomic mass is 19.1. The van der Waals surface area contributed by atoms with E-state index in [0.29, 0.717) is 24.7 Å². The molecule has 2 aromatic rings. The first kappa shape index (κ1) is 18.3. The molecule has 3 heterocycles. The van der Waals surface area contributed by atoms with E-state index < -0.39 is 5.82 Å². The summed E-state index contributed by atoms with van der Waals surface area (Å²) < 4.78 is 33.5. The number of ether oxygens (including phenoxy) is 1. The summed E-state index contributed by atoms with van der Waals surface area (Å²) in [7, 11) is 0. The number of piperidine rings is 1. The van der Waals surface area contributed by atoms with E-state index in [-0.39, 0.29) is 17.5 Å². The molecule has 2 aliphatic rings. The van der Waals surface area contributed by atoms with Crippen LogP contribution in [-0.4, -0.2) is 46.2 Å². The Hall–Kier alpha value is -2.12. The van der Waals surface area contributed by atoms with Gasteiger partial charge in [0.1, 0.15) is 11.6 Å². The van der Waals surface area contributed by atoms with Crippen LogP contribution in [0.4, 0.5) is 14.7 Å². The number of hydrogen-bond donors (Lipinski definition) is 1. The maximum Gasteiger partial charge on any atom is 0.222 e. The molecule has 0 bridgehead atoms. The molecular formula is C20H24F2N4O. The van der Waals surface area contributed by atoms with Crippen molar-refractivity contribution in [3.05, 3.63) is 53.9 Å². The van der Waals surface area contributed by atoms with Crippen LogP contribution in [0.1, 0.15) is 31.2 Å². The van der Waals surface area contributed by atoms with Crippen molar-refractivity contribution in [2.45, 2.75) is 43.9 Å². The molecule has 5 nitrogen and oxygen atoms in total. The number of rotatable bonds is 4. The topological polar surface area (TPSA) is 50.3 Å². The maximum atomic E-state index is 13.9. The second kappa shape index (κ2) is 7.86. The average Bonchev–Trinajstić information content (AvgIpc) is 2.68. The second-order valence-electron chi connectivity index (χ2n) is 7.45. The Balaban J connectivity index is 1.34. The largest absolute Gasteiger partial charge is 0.375 e. The highest BCUT2D eigenvalue weighted by molar-refractivity contribution is 5.25. The van der Waals surface area contributed by atoms with E-state index in [4.69, 9.17) is 4.74 Å². The molecule has 0 radical (unpaired) electrons. The van der Waals surface area contributed by atoms with E-state index >= 15 is 0 Å². The van der Waals surface area contributed by atoms with Crippen LogP contribution in [0.3, 0.4) is 0 Å². The van der Waals surface area contributed by atoms with Gasteiger partial charge in [-0.25, -0.2) is 18.7 Å². The highest BCUT2D eigenvalue weighted by Gasteiger charge is 2.40. The van der Waals surface area contributed by atoms with Gasteiger partial charge in [-0.1, -0.05) is 0 Å². The van der Waals surface area contributed by atoms with Gasteiger partial charge in [-0.2, -0.15) is 0 Å². The average molecular weight is 374 g/mol. The quantitative estimate of drug-likeness (QED) is 0.889. The van der Waals surface area contributed by atoms with Crippen LogP contribution >= 0.6 is 0 Å². The predicted molar refractivity (Wildman–Crippen MR) is 98.2 cm³/mol. The molecule has 1 atom stereocenters. The second-order valence-corrected chi connectivity index (χ2v) is 7.45. The Bertz CT molecular complexity index is 766. The summed E-state index contributed by atoms with van der Waals surface area (Å²) >= 11 is 0. The number of aromatic nitrogens is 2. The predicted octanol–water partition coefficient (Wildman–Crippen LogP) is 3.38. The zero-order valence-electron chi connectivity index (χ0n) is 15.2. The monoisotopic (exact) mass is 374 g/mol. The first-order valence-corrected chi connectivity index (χ1v) is 9.46. The SMILES string of the molecule is Fc1ccc(F)c(CN2CCC3(CC2)C[C@H](Nc2ncccn2)CCO3)c1. The van der Waals surface area contributed by atoms with E-state index in [1.807, 2.05) is 0 Å². The third kappa shape index (κ3) is 4.42. The third-order valence-corrected chi connectivity index (χ3v) is 5.56. The van der Waals surface area contributed by atoms with Crippen LogP contribution in [0.5, 0.6) is 0 Å². The fourth-order valence-corrected chi connectivity index (χ4v) is 4.08. The van der Waals surface area contributed by atoms with Crippen LogP contribution in [0, 0.1) is 11.6 Å². The van der Waals surface area contributed by atoms with Crippen molar-refractivity contribution in [1.29, 1.82) is 0 Å². The molecular weight excluding hydrogens is 350 g/mol. The standard InChI is InChI=1S/C20H24F2N4O/c21-16-2-3-18(22)15(12-16)14-26-9-5-20(6-10-26)13-17(4-11-27-20)25-19-23-7-1-8-24-19/h1-3,7-8,12,17H,4-6,9-11,13-14H2,(H,23,24,25)/t17-/m1/s1. The Labute approximate surface area is 157 Å². The van der Waals surface area contributed by atoms with Crippen molar-refractivity contribution in [3.63, 3.8) is 0 Å². The normalized spacial score (nSPS) is 22.7. The lowest BCUT2D eigenvalue weighted by atomic mass is 9.82. The number of nitrogens with zero attached hydrogens (tertiary/aromatic N) is 3. The van der Waals surface area contributed by atoms with Crippen LogP contribution in [0.15, 0.2) is 36.7 Å². The Morgan fingerprint density at radius 2 is 1.96 bits per heavy atom. The summed E-state index contributed by atoms with van der Waals surface area (Å²) in [4.78, 5) is 10.7. The van der Waals surface area contributed by atoms with Gasteiger partial charge in [-0.15, -0.1) is 0 Å². The minimum atomic E-state index is -0.396. The first-order valence-electron chi connectivity index (χ1n) is 9.46. The van der Waals surface area contributed by atoms with Gasteiger partial charge in [-0.05, 0) is 49.9 Å².